The van der Waals surface area contributed by atoms with Gasteiger partial charge in [0.05, 0.1) is 0 Å². The molecule has 0 aliphatic carbocycles. The molecule has 3 rings (SSSR count). The second-order valence-electron chi connectivity index (χ2n) is 6.78. The van der Waals surface area contributed by atoms with E-state index in [1.165, 1.54) is 36.4 Å². The van der Waals surface area contributed by atoms with Gasteiger partial charge in [-0.25, -0.2) is 13.2 Å². The van der Waals surface area contributed by atoms with Gasteiger partial charge in [-0.2, -0.15) is 8.78 Å². The average Bonchev–Trinajstić information content (AvgIpc) is 2.78. The summed E-state index contributed by atoms with van der Waals surface area (Å²) in [6, 6.07) is 8.34. The van der Waals surface area contributed by atoms with E-state index in [4.69, 9.17) is 0 Å². The van der Waals surface area contributed by atoms with Crippen LogP contribution in [0.25, 0.3) is 28.1 Å². The molecule has 0 spiro atoms. The Bertz CT molecular complexity index is 1210. The predicted octanol–water partition coefficient (Wildman–Crippen LogP) is 8.10. The molecule has 0 aliphatic heterocycles. The molecule has 0 radical (unpaired) electrons. The Morgan fingerprint density at radius 2 is 1.38 bits per heavy atom. The van der Waals surface area contributed by atoms with Gasteiger partial charge >= 0.3 is 12.4 Å². The summed E-state index contributed by atoms with van der Waals surface area (Å²) in [5.74, 6) is -6.98. The maximum atomic E-state index is 14.5. The normalized spacial score (nSPS) is 12.2. The first-order chi connectivity index (χ1) is 16.0. The minimum atomic E-state index is -5.27. The zero-order valence-electron chi connectivity index (χ0n) is 17.0. The molecule has 2 nitrogen and oxygen atoms in total. The molecule has 0 unspecified atom stereocenters. The maximum Gasteiger partial charge on any atom is 0.573 e. The summed E-state index contributed by atoms with van der Waals surface area (Å²) in [6.45, 7) is 3.01. The van der Waals surface area contributed by atoms with Crippen LogP contribution in [-0.2, 0) is 4.74 Å². The molecule has 0 saturated heterocycles. The first-order valence-electron chi connectivity index (χ1n) is 9.44. The van der Waals surface area contributed by atoms with Gasteiger partial charge < -0.3 is 9.47 Å². The molecule has 0 aliphatic rings. The second kappa shape index (κ2) is 9.98. The lowest BCUT2D eigenvalue weighted by Crippen LogP contribution is -2.19. The molecular weight excluding hydrogens is 472 g/mol. The van der Waals surface area contributed by atoms with Crippen LogP contribution in [0, 0.1) is 17.5 Å². The van der Waals surface area contributed by atoms with Crippen molar-refractivity contribution in [1.29, 1.82) is 0 Å². The highest BCUT2D eigenvalue weighted by Crippen LogP contribution is 2.34. The summed E-state index contributed by atoms with van der Waals surface area (Å²) in [5, 5.41) is 0. The highest BCUT2D eigenvalue weighted by Gasteiger charge is 2.34. The van der Waals surface area contributed by atoms with Gasteiger partial charge in [-0.3, -0.25) is 0 Å². The predicted molar refractivity (Wildman–Crippen MR) is 109 cm³/mol. The van der Waals surface area contributed by atoms with Gasteiger partial charge in [-0.05, 0) is 34.9 Å². The van der Waals surface area contributed by atoms with Crippen LogP contribution in [0.1, 0.15) is 5.56 Å². The van der Waals surface area contributed by atoms with Crippen molar-refractivity contribution in [2.75, 3.05) is 6.61 Å². The molecule has 34 heavy (non-hydrogen) atoms. The molecule has 3 aromatic rings. The molecule has 178 valence electrons. The van der Waals surface area contributed by atoms with Crippen molar-refractivity contribution in [2.24, 2.45) is 0 Å². The summed E-state index contributed by atoms with van der Waals surface area (Å²) < 4.78 is 115. The van der Waals surface area contributed by atoms with Crippen LogP contribution < -0.4 is 4.74 Å². The molecule has 10 heteroatoms. The molecule has 0 heterocycles. The minimum absolute atomic E-state index is 0.0156. The zero-order valence-corrected chi connectivity index (χ0v) is 17.0. The molecular formula is C24H14F8O2. The molecule has 0 atom stereocenters. The lowest BCUT2D eigenvalue weighted by molar-refractivity contribution is -0.276. The van der Waals surface area contributed by atoms with Crippen LogP contribution in [0.5, 0.6) is 5.75 Å². The third kappa shape index (κ3) is 5.75. The molecule has 0 saturated carbocycles. The van der Waals surface area contributed by atoms with Gasteiger partial charge in [-0.15, -0.1) is 13.2 Å². The third-order valence-corrected chi connectivity index (χ3v) is 4.47. The summed E-state index contributed by atoms with van der Waals surface area (Å²) in [7, 11) is 0. The van der Waals surface area contributed by atoms with Gasteiger partial charge in [0.1, 0.15) is 12.4 Å². The van der Waals surface area contributed by atoms with Crippen molar-refractivity contribution in [1.82, 2.24) is 0 Å². The standard InChI is InChI=1S/C24H14F8O2/c1-2-9-33-23(29)21(28)15-7-8-17(18(25)10-15)14-5-3-13(4-6-14)16-11-19(26)22(20(27)12-16)34-24(30,31)32/h2-8,10-12H,1,9H2/b23-21-. The van der Waals surface area contributed by atoms with Gasteiger partial charge in [0.25, 0.3) is 0 Å². The fraction of sp³-hybridized carbons (Fsp3) is 0.0833. The van der Waals surface area contributed by atoms with Gasteiger partial charge in [0.15, 0.2) is 11.6 Å². The zero-order chi connectivity index (χ0) is 25.0. The van der Waals surface area contributed by atoms with E-state index < -0.39 is 47.0 Å². The number of halogens is 8. The first-order valence-corrected chi connectivity index (χ1v) is 9.44. The smallest absolute Gasteiger partial charge is 0.464 e. The van der Waals surface area contributed by atoms with E-state index in [1.807, 2.05) is 0 Å². The van der Waals surface area contributed by atoms with Gasteiger partial charge in [0, 0.05) is 11.1 Å². The molecule has 0 aromatic heterocycles. The minimum Gasteiger partial charge on any atom is -0.464 e. The van der Waals surface area contributed by atoms with E-state index in [9.17, 15) is 35.1 Å². The van der Waals surface area contributed by atoms with E-state index in [1.54, 1.807) is 0 Å². The largest absolute Gasteiger partial charge is 0.573 e. The van der Waals surface area contributed by atoms with Crippen molar-refractivity contribution >= 4 is 5.83 Å². The Hall–Kier alpha value is -3.82. The van der Waals surface area contributed by atoms with Crippen LogP contribution in [-0.4, -0.2) is 13.0 Å². The van der Waals surface area contributed by atoms with E-state index >= 15 is 0 Å². The first kappa shape index (κ1) is 24.8. The van der Waals surface area contributed by atoms with Crippen LogP contribution >= 0.6 is 0 Å². The lowest BCUT2D eigenvalue weighted by atomic mass is 9.98. The molecule has 0 bridgehead atoms. The lowest BCUT2D eigenvalue weighted by Gasteiger charge is -2.12. The fourth-order valence-electron chi connectivity index (χ4n) is 2.98. The summed E-state index contributed by atoms with van der Waals surface area (Å²) >= 11 is 0. The van der Waals surface area contributed by atoms with Gasteiger partial charge in [0.2, 0.25) is 11.6 Å². The monoisotopic (exact) mass is 486 g/mol. The number of hydrogen-bond donors (Lipinski definition) is 0. The fourth-order valence-corrected chi connectivity index (χ4v) is 2.98. The maximum absolute atomic E-state index is 14.5. The topological polar surface area (TPSA) is 18.5 Å². The second-order valence-corrected chi connectivity index (χ2v) is 6.78. The SMILES string of the molecule is C=CCO/C(F)=C(\F)c1ccc(-c2ccc(-c3cc(F)c(OC(F)(F)F)c(F)c3)cc2)c(F)c1. The van der Waals surface area contributed by atoms with E-state index in [0.29, 0.717) is 17.7 Å². The Balaban J connectivity index is 1.87. The summed E-state index contributed by atoms with van der Waals surface area (Å²) in [6.07, 6.45) is -4.07. The van der Waals surface area contributed by atoms with E-state index in [2.05, 4.69) is 16.1 Å². The Morgan fingerprint density at radius 1 is 0.794 bits per heavy atom. The van der Waals surface area contributed by atoms with Crippen molar-refractivity contribution in [3.05, 3.63) is 96.3 Å². The Labute approximate surface area is 188 Å². The number of benzene rings is 3. The van der Waals surface area contributed by atoms with Crippen molar-refractivity contribution < 1.29 is 44.6 Å². The van der Waals surface area contributed by atoms with E-state index in [0.717, 1.165) is 12.1 Å². The van der Waals surface area contributed by atoms with Gasteiger partial charge in [-0.1, -0.05) is 49.1 Å². The molecule has 0 N–H and O–H groups in total. The number of rotatable bonds is 7. The van der Waals surface area contributed by atoms with Crippen LogP contribution in [0.3, 0.4) is 0 Å². The summed E-state index contributed by atoms with van der Waals surface area (Å²) in [4.78, 5) is 0. The number of hydrogen-bond acceptors (Lipinski definition) is 2. The molecule has 0 fully saturated rings. The average molecular weight is 486 g/mol. The van der Waals surface area contributed by atoms with E-state index in [-0.39, 0.29) is 23.3 Å². The van der Waals surface area contributed by atoms with Crippen LogP contribution in [0.4, 0.5) is 35.1 Å². The summed E-state index contributed by atoms with van der Waals surface area (Å²) in [5.41, 5.74) is 0.0357. The van der Waals surface area contributed by atoms with Crippen LogP contribution in [0.15, 0.2) is 73.3 Å². The number of ether oxygens (including phenoxy) is 2. The quantitative estimate of drug-likeness (QED) is 0.191. The van der Waals surface area contributed by atoms with Crippen molar-refractivity contribution in [3.8, 4) is 28.0 Å². The highest BCUT2D eigenvalue weighted by molar-refractivity contribution is 5.73. The molecule has 3 aromatic carbocycles. The highest BCUT2D eigenvalue weighted by atomic mass is 19.4. The van der Waals surface area contributed by atoms with Crippen molar-refractivity contribution in [2.45, 2.75) is 6.36 Å². The molecule has 0 amide bonds. The Morgan fingerprint density at radius 3 is 1.91 bits per heavy atom. The third-order valence-electron chi connectivity index (χ3n) is 4.47. The van der Waals surface area contributed by atoms with Crippen molar-refractivity contribution in [3.63, 3.8) is 0 Å². The number of alkyl halides is 3. The Kier molecular flexibility index (Phi) is 7.29. The van der Waals surface area contributed by atoms with Crippen LogP contribution in [0.2, 0.25) is 0 Å².